The smallest absolute Gasteiger partial charge is 0.152 e. The van der Waals surface area contributed by atoms with E-state index in [1.165, 1.54) is 6.34 Å². The van der Waals surface area contributed by atoms with Crippen molar-refractivity contribution in [3.8, 4) is 0 Å². The van der Waals surface area contributed by atoms with Crippen LogP contribution in [0, 0.1) is 0 Å². The minimum Gasteiger partial charge on any atom is -0.492 e. The standard InChI is InChI=1S/C24H31F2N3O2/c1-21-11-12-22(30-17-16-29-15-13-24(26,18-25)19-29)8-5-6-10-23(31-21)9-4-2-3-7-14-28-20-27/h2-5,7-12,14,20H,6,13,15-19H2,1H3,(H2,27,28)/b3-2+,8-5+,9-4+,14-7-,21-11+,22-12+,23-10-. The Kier molecular flexibility index (Phi) is 10.5. The van der Waals surface area contributed by atoms with E-state index in [-0.39, 0.29) is 13.0 Å². The van der Waals surface area contributed by atoms with E-state index in [1.54, 1.807) is 12.3 Å². The van der Waals surface area contributed by atoms with Gasteiger partial charge in [0.05, 0.1) is 6.34 Å². The minimum absolute atomic E-state index is 0.128. The van der Waals surface area contributed by atoms with Crippen LogP contribution < -0.4 is 5.73 Å². The van der Waals surface area contributed by atoms with Crippen molar-refractivity contribution < 1.29 is 18.3 Å². The first kappa shape index (κ1) is 24.3. The fraction of sp³-hybridized carbons (Fsp3) is 0.375. The summed E-state index contributed by atoms with van der Waals surface area (Å²) in [7, 11) is 0. The molecular weight excluding hydrogens is 400 g/mol. The van der Waals surface area contributed by atoms with Gasteiger partial charge in [-0.15, -0.1) is 0 Å². The highest BCUT2D eigenvalue weighted by Gasteiger charge is 2.38. The Bertz CT molecular complexity index is 810. The van der Waals surface area contributed by atoms with Crippen LogP contribution in [0.1, 0.15) is 19.8 Å². The van der Waals surface area contributed by atoms with E-state index in [4.69, 9.17) is 15.2 Å². The fourth-order valence-electron chi connectivity index (χ4n) is 3.02. The molecule has 2 N–H and O–H groups in total. The molecule has 0 aromatic rings. The Balaban J connectivity index is 1.84. The summed E-state index contributed by atoms with van der Waals surface area (Å²) in [5.74, 6) is 2.15. The Hall–Kier alpha value is -2.93. The molecule has 1 atom stereocenters. The van der Waals surface area contributed by atoms with Gasteiger partial charge < -0.3 is 15.2 Å². The third-order valence-corrected chi connectivity index (χ3v) is 4.65. The van der Waals surface area contributed by atoms with Crippen molar-refractivity contribution in [3.63, 3.8) is 0 Å². The van der Waals surface area contributed by atoms with Crippen LogP contribution in [-0.4, -0.2) is 49.8 Å². The molecule has 5 nitrogen and oxygen atoms in total. The molecule has 2 rings (SSSR count). The average Bonchev–Trinajstić information content (AvgIpc) is 3.15. The predicted octanol–water partition coefficient (Wildman–Crippen LogP) is 4.65. The SMILES string of the molecule is C\C1=C/C=C(OCCN2CCC(F)(CF)C2)\C=C\C/C=C(/C=C/C=C/C=C\N=CN)O1. The second kappa shape index (κ2) is 13.4. The van der Waals surface area contributed by atoms with Gasteiger partial charge in [0.15, 0.2) is 5.67 Å². The van der Waals surface area contributed by atoms with Gasteiger partial charge in [-0.2, -0.15) is 0 Å². The lowest BCUT2D eigenvalue weighted by molar-refractivity contribution is 0.116. The van der Waals surface area contributed by atoms with Gasteiger partial charge in [0.2, 0.25) is 0 Å². The fourth-order valence-corrected chi connectivity index (χ4v) is 3.02. The molecule has 1 fully saturated rings. The van der Waals surface area contributed by atoms with Gasteiger partial charge in [-0.05, 0) is 56.2 Å². The molecule has 0 spiro atoms. The van der Waals surface area contributed by atoms with Gasteiger partial charge in [-0.3, -0.25) is 4.90 Å². The first-order valence-corrected chi connectivity index (χ1v) is 10.3. The van der Waals surface area contributed by atoms with Crippen LogP contribution in [0.3, 0.4) is 0 Å². The van der Waals surface area contributed by atoms with Crippen LogP contribution in [0.2, 0.25) is 0 Å². The third kappa shape index (κ3) is 9.61. The summed E-state index contributed by atoms with van der Waals surface area (Å²) < 4.78 is 38.4. The number of nitrogens with two attached hydrogens (primary N) is 1. The highest BCUT2D eigenvalue weighted by molar-refractivity contribution is 5.52. The summed E-state index contributed by atoms with van der Waals surface area (Å²) in [6, 6.07) is 0. The first-order valence-electron chi connectivity index (χ1n) is 10.3. The Morgan fingerprint density at radius 1 is 1.29 bits per heavy atom. The molecule has 0 radical (unpaired) electrons. The van der Waals surface area contributed by atoms with E-state index in [0.29, 0.717) is 31.9 Å². The molecule has 2 aliphatic heterocycles. The van der Waals surface area contributed by atoms with Crippen LogP contribution in [0.25, 0.3) is 0 Å². The van der Waals surface area contributed by atoms with Gasteiger partial charge in [0.1, 0.15) is 30.6 Å². The van der Waals surface area contributed by atoms with Crippen molar-refractivity contribution in [2.45, 2.75) is 25.4 Å². The van der Waals surface area contributed by atoms with E-state index in [9.17, 15) is 8.78 Å². The molecule has 0 aromatic heterocycles. The Morgan fingerprint density at radius 2 is 2.13 bits per heavy atom. The quantitative estimate of drug-likeness (QED) is 0.328. The average molecular weight is 432 g/mol. The Morgan fingerprint density at radius 3 is 2.90 bits per heavy atom. The van der Waals surface area contributed by atoms with E-state index in [2.05, 4.69) is 4.99 Å². The van der Waals surface area contributed by atoms with Crippen molar-refractivity contribution in [2.24, 2.45) is 10.7 Å². The normalized spacial score (nSPS) is 29.6. The topological polar surface area (TPSA) is 60.1 Å². The molecule has 0 amide bonds. The molecule has 168 valence electrons. The lowest BCUT2D eigenvalue weighted by Gasteiger charge is -2.18. The maximum Gasteiger partial charge on any atom is 0.152 e. The number of hydrogen-bond donors (Lipinski definition) is 1. The molecular formula is C24H31F2N3O2. The third-order valence-electron chi connectivity index (χ3n) is 4.65. The molecule has 2 heterocycles. The Labute approximate surface area is 183 Å². The number of allylic oxidation sites excluding steroid dienone is 11. The van der Waals surface area contributed by atoms with Crippen molar-refractivity contribution in [1.29, 1.82) is 0 Å². The van der Waals surface area contributed by atoms with Gasteiger partial charge in [-0.1, -0.05) is 24.3 Å². The van der Waals surface area contributed by atoms with Crippen molar-refractivity contribution in [3.05, 3.63) is 84.2 Å². The number of rotatable bonds is 9. The molecule has 1 unspecified atom stereocenters. The number of alkyl halides is 2. The van der Waals surface area contributed by atoms with Crippen molar-refractivity contribution >= 4 is 6.34 Å². The lowest BCUT2D eigenvalue weighted by Crippen LogP contribution is -2.32. The monoisotopic (exact) mass is 431 g/mol. The number of ether oxygens (including phenoxy) is 2. The molecule has 0 aromatic carbocycles. The highest BCUT2D eigenvalue weighted by Crippen LogP contribution is 2.25. The number of hydrogen-bond acceptors (Lipinski definition) is 4. The maximum absolute atomic E-state index is 14.0. The summed E-state index contributed by atoms with van der Waals surface area (Å²) in [5.41, 5.74) is 3.45. The molecule has 0 bridgehead atoms. The van der Waals surface area contributed by atoms with Crippen LogP contribution in [0.5, 0.6) is 0 Å². The number of aliphatic imine (C=N–C) groups is 1. The van der Waals surface area contributed by atoms with Crippen LogP contribution in [0.4, 0.5) is 8.78 Å². The molecule has 0 aliphatic carbocycles. The van der Waals surface area contributed by atoms with Crippen LogP contribution >= 0.6 is 0 Å². The molecule has 0 saturated carbocycles. The zero-order valence-electron chi connectivity index (χ0n) is 17.9. The summed E-state index contributed by atoms with van der Waals surface area (Å²) in [4.78, 5) is 5.66. The first-order chi connectivity index (χ1) is 15.0. The summed E-state index contributed by atoms with van der Waals surface area (Å²) in [6.45, 7) is 2.60. The summed E-state index contributed by atoms with van der Waals surface area (Å²) in [6.07, 6.45) is 22.5. The lowest BCUT2D eigenvalue weighted by atomic mass is 10.1. The molecule has 2 aliphatic rings. The van der Waals surface area contributed by atoms with Crippen molar-refractivity contribution in [2.75, 3.05) is 32.9 Å². The molecule has 31 heavy (non-hydrogen) atoms. The van der Waals surface area contributed by atoms with Gasteiger partial charge >= 0.3 is 0 Å². The van der Waals surface area contributed by atoms with Gasteiger partial charge in [-0.25, -0.2) is 13.8 Å². The predicted molar refractivity (Wildman–Crippen MR) is 122 cm³/mol. The second-order valence-electron chi connectivity index (χ2n) is 7.24. The largest absolute Gasteiger partial charge is 0.492 e. The van der Waals surface area contributed by atoms with E-state index in [0.717, 1.165) is 11.5 Å². The zero-order valence-corrected chi connectivity index (χ0v) is 17.9. The zero-order chi connectivity index (χ0) is 22.4. The number of likely N-dealkylation sites (tertiary alicyclic amines) is 1. The highest BCUT2D eigenvalue weighted by atomic mass is 19.2. The minimum atomic E-state index is -1.70. The van der Waals surface area contributed by atoms with E-state index >= 15 is 0 Å². The van der Waals surface area contributed by atoms with Gasteiger partial charge in [0, 0.05) is 25.8 Å². The van der Waals surface area contributed by atoms with Crippen molar-refractivity contribution in [1.82, 2.24) is 4.90 Å². The van der Waals surface area contributed by atoms with Gasteiger partial charge in [0.25, 0.3) is 0 Å². The second-order valence-corrected chi connectivity index (χ2v) is 7.24. The van der Waals surface area contributed by atoms with E-state index < -0.39 is 12.3 Å². The van der Waals surface area contributed by atoms with Crippen LogP contribution in [-0.2, 0) is 9.47 Å². The molecule has 1 saturated heterocycles. The number of halogens is 2. The maximum atomic E-state index is 14.0. The number of nitrogens with zero attached hydrogens (tertiary/aromatic N) is 2. The van der Waals surface area contributed by atoms with E-state index in [1.807, 2.05) is 66.5 Å². The summed E-state index contributed by atoms with van der Waals surface area (Å²) in [5, 5.41) is 0. The van der Waals surface area contributed by atoms with Crippen LogP contribution in [0.15, 0.2) is 89.2 Å². The summed E-state index contributed by atoms with van der Waals surface area (Å²) >= 11 is 0. The molecule has 7 heteroatoms.